The van der Waals surface area contributed by atoms with Gasteiger partial charge in [0.1, 0.15) is 0 Å². The van der Waals surface area contributed by atoms with Crippen LogP contribution in [0.25, 0.3) is 0 Å². The zero-order chi connectivity index (χ0) is 6.27. The van der Waals surface area contributed by atoms with Crippen LogP contribution in [0.2, 0.25) is 0 Å². The Morgan fingerprint density at radius 1 is 1.44 bits per heavy atom. The highest BCUT2D eigenvalue weighted by Crippen LogP contribution is 2.17. The molecular formula is C7H10N2. The molecule has 48 valence electrons. The second-order valence-corrected chi connectivity index (χ2v) is 2.55. The highest BCUT2D eigenvalue weighted by molar-refractivity contribution is 5.20. The molecule has 2 rings (SSSR count). The Morgan fingerprint density at radius 3 is 3.11 bits per heavy atom. The van der Waals surface area contributed by atoms with Gasteiger partial charge in [0.25, 0.3) is 0 Å². The van der Waals surface area contributed by atoms with E-state index in [4.69, 9.17) is 0 Å². The van der Waals surface area contributed by atoms with Crippen molar-refractivity contribution in [2.24, 2.45) is 0 Å². The molecule has 2 nitrogen and oxygen atoms in total. The van der Waals surface area contributed by atoms with Crippen molar-refractivity contribution in [3.8, 4) is 0 Å². The lowest BCUT2D eigenvalue weighted by molar-refractivity contribution is 0.393. The van der Waals surface area contributed by atoms with Crippen molar-refractivity contribution < 1.29 is 0 Å². The first-order valence-electron chi connectivity index (χ1n) is 3.21. The fraction of sp³-hybridized carbons (Fsp3) is 0.429. The van der Waals surface area contributed by atoms with E-state index in [2.05, 4.69) is 35.6 Å². The van der Waals surface area contributed by atoms with E-state index in [1.807, 2.05) is 6.20 Å². The second-order valence-electron chi connectivity index (χ2n) is 2.55. The molecule has 9 heavy (non-hydrogen) atoms. The molecule has 0 saturated carbocycles. The zero-order valence-corrected chi connectivity index (χ0v) is 5.41. The van der Waals surface area contributed by atoms with Crippen LogP contribution < -0.4 is 5.32 Å². The van der Waals surface area contributed by atoms with Crippen LogP contribution >= 0.6 is 0 Å². The number of nitrogens with one attached hydrogen (secondary N) is 1. The summed E-state index contributed by atoms with van der Waals surface area (Å²) < 4.78 is 0. The van der Waals surface area contributed by atoms with Crippen LogP contribution in [0, 0.1) is 0 Å². The minimum absolute atomic E-state index is 0.537. The Bertz CT molecular complexity index is 172. The van der Waals surface area contributed by atoms with Gasteiger partial charge in [-0.25, -0.2) is 0 Å². The van der Waals surface area contributed by atoms with Gasteiger partial charge in [-0.1, -0.05) is 0 Å². The van der Waals surface area contributed by atoms with Crippen molar-refractivity contribution in [1.29, 1.82) is 0 Å². The van der Waals surface area contributed by atoms with Crippen molar-refractivity contribution in [2.45, 2.75) is 12.1 Å². The molecule has 0 fully saturated rings. The van der Waals surface area contributed by atoms with Crippen LogP contribution in [0.5, 0.6) is 0 Å². The maximum Gasteiger partial charge on any atom is 0.0719 e. The maximum atomic E-state index is 3.24. The van der Waals surface area contributed by atoms with Crippen molar-refractivity contribution in [3.63, 3.8) is 0 Å². The number of likely N-dealkylation sites (N-methyl/N-ethyl adjacent to an activating group) is 1. The van der Waals surface area contributed by atoms with E-state index in [1.54, 1.807) is 0 Å². The lowest BCUT2D eigenvalue weighted by atomic mass is 10.2. The largest absolute Gasteiger partial charge is 0.382 e. The van der Waals surface area contributed by atoms with Gasteiger partial charge in [0.15, 0.2) is 0 Å². The minimum atomic E-state index is 0.537. The Labute approximate surface area is 54.8 Å². The average Bonchev–Trinajstić information content (AvgIpc) is 2.35. The lowest BCUT2D eigenvalue weighted by Gasteiger charge is -2.17. The van der Waals surface area contributed by atoms with Crippen LogP contribution in [0.4, 0.5) is 0 Å². The summed E-state index contributed by atoms with van der Waals surface area (Å²) in [7, 11) is 2.10. The van der Waals surface area contributed by atoms with Crippen molar-refractivity contribution in [1.82, 2.24) is 10.2 Å². The third-order valence-electron chi connectivity index (χ3n) is 1.95. The van der Waals surface area contributed by atoms with Crippen LogP contribution in [0.1, 0.15) is 0 Å². The minimum Gasteiger partial charge on any atom is -0.382 e. The summed E-state index contributed by atoms with van der Waals surface area (Å²) in [6.45, 7) is 0. The first-order chi connectivity index (χ1) is 4.38. The number of hydrogen-bond donors (Lipinski definition) is 1. The maximum absolute atomic E-state index is 3.24. The summed E-state index contributed by atoms with van der Waals surface area (Å²) in [5.41, 5.74) is 0. The number of nitrogens with zero attached hydrogens (tertiary/aromatic N) is 1. The fourth-order valence-corrected chi connectivity index (χ4v) is 1.37. The van der Waals surface area contributed by atoms with Crippen LogP contribution in [-0.4, -0.2) is 24.0 Å². The van der Waals surface area contributed by atoms with E-state index >= 15 is 0 Å². The van der Waals surface area contributed by atoms with Crippen LogP contribution in [-0.2, 0) is 0 Å². The number of fused-ring (bicyclic) bond motifs is 1. The van der Waals surface area contributed by atoms with E-state index in [1.165, 1.54) is 0 Å². The fourth-order valence-electron chi connectivity index (χ4n) is 1.37. The van der Waals surface area contributed by atoms with Gasteiger partial charge in [-0.3, -0.25) is 0 Å². The average molecular weight is 122 g/mol. The third kappa shape index (κ3) is 0.559. The van der Waals surface area contributed by atoms with Crippen molar-refractivity contribution in [2.75, 3.05) is 7.05 Å². The Balaban J connectivity index is 2.22. The normalized spacial score (nSPS) is 37.2. The standard InChI is InChI=1S/C7H10N2/c1-9-5-3-6-7(9)2-4-8-6/h2-8H,1H3. The Hall–Kier alpha value is -0.920. The molecule has 0 aromatic carbocycles. The quantitative estimate of drug-likeness (QED) is 0.497. The highest BCUT2D eigenvalue weighted by Gasteiger charge is 2.26. The third-order valence-corrected chi connectivity index (χ3v) is 1.95. The van der Waals surface area contributed by atoms with E-state index in [0.29, 0.717) is 12.1 Å². The van der Waals surface area contributed by atoms with Gasteiger partial charge >= 0.3 is 0 Å². The van der Waals surface area contributed by atoms with Crippen molar-refractivity contribution in [3.05, 3.63) is 24.6 Å². The van der Waals surface area contributed by atoms with Gasteiger partial charge < -0.3 is 10.2 Å². The Morgan fingerprint density at radius 2 is 2.33 bits per heavy atom. The molecule has 0 radical (unpaired) electrons. The topological polar surface area (TPSA) is 15.3 Å². The lowest BCUT2D eigenvalue weighted by Crippen LogP contribution is -2.32. The van der Waals surface area contributed by atoms with E-state index in [-0.39, 0.29) is 0 Å². The van der Waals surface area contributed by atoms with E-state index in [0.717, 1.165) is 0 Å². The van der Waals surface area contributed by atoms with Gasteiger partial charge in [0.2, 0.25) is 0 Å². The first-order valence-corrected chi connectivity index (χ1v) is 3.21. The molecule has 0 saturated heterocycles. The highest BCUT2D eigenvalue weighted by atomic mass is 15.2. The van der Waals surface area contributed by atoms with Gasteiger partial charge in [-0.2, -0.15) is 0 Å². The molecule has 0 bridgehead atoms. The molecule has 2 aliphatic heterocycles. The summed E-state index contributed by atoms with van der Waals surface area (Å²) >= 11 is 0. The van der Waals surface area contributed by atoms with Crippen LogP contribution in [0.15, 0.2) is 24.6 Å². The summed E-state index contributed by atoms with van der Waals surface area (Å²) in [6.07, 6.45) is 8.51. The van der Waals surface area contributed by atoms with Crippen LogP contribution in [0.3, 0.4) is 0 Å². The molecule has 2 aliphatic rings. The molecule has 0 aromatic rings. The zero-order valence-electron chi connectivity index (χ0n) is 5.41. The molecule has 0 spiro atoms. The summed E-state index contributed by atoms with van der Waals surface area (Å²) in [5.74, 6) is 0. The second kappa shape index (κ2) is 1.53. The number of hydrogen-bond acceptors (Lipinski definition) is 2. The molecule has 2 heterocycles. The number of rotatable bonds is 0. The van der Waals surface area contributed by atoms with E-state index < -0.39 is 0 Å². The molecule has 0 aliphatic carbocycles. The predicted octanol–water partition coefficient (Wildman–Crippen LogP) is 0.300. The molecule has 2 atom stereocenters. The SMILES string of the molecule is CN1C=CC2NC=CC21. The predicted molar refractivity (Wildman–Crippen MR) is 36.8 cm³/mol. The van der Waals surface area contributed by atoms with Crippen molar-refractivity contribution >= 4 is 0 Å². The van der Waals surface area contributed by atoms with E-state index in [9.17, 15) is 0 Å². The molecule has 0 aromatic heterocycles. The van der Waals surface area contributed by atoms with Gasteiger partial charge in [0.05, 0.1) is 12.1 Å². The Kier molecular flexibility index (Phi) is 0.835. The monoisotopic (exact) mass is 122 g/mol. The molecule has 1 N–H and O–H groups in total. The van der Waals surface area contributed by atoms with Gasteiger partial charge in [-0.05, 0) is 24.6 Å². The summed E-state index contributed by atoms with van der Waals surface area (Å²) in [4.78, 5) is 2.21. The molecule has 2 heteroatoms. The first kappa shape index (κ1) is 4.91. The molecule has 0 amide bonds. The van der Waals surface area contributed by atoms with Gasteiger partial charge in [-0.15, -0.1) is 0 Å². The molecular weight excluding hydrogens is 112 g/mol. The smallest absolute Gasteiger partial charge is 0.0719 e. The molecule has 2 unspecified atom stereocenters. The van der Waals surface area contributed by atoms with Gasteiger partial charge in [0, 0.05) is 7.05 Å². The summed E-state index contributed by atoms with van der Waals surface area (Å²) in [5, 5.41) is 3.24. The summed E-state index contributed by atoms with van der Waals surface area (Å²) in [6, 6.07) is 1.11.